The first-order valence-corrected chi connectivity index (χ1v) is 6.64. The summed E-state index contributed by atoms with van der Waals surface area (Å²) in [5, 5.41) is 11.9. The predicted octanol–water partition coefficient (Wildman–Crippen LogP) is 1.11. The monoisotopic (exact) mass is 262 g/mol. The van der Waals surface area contributed by atoms with E-state index < -0.39 is 0 Å². The molecule has 0 aromatic heterocycles. The first-order chi connectivity index (χ1) is 9.20. The molecule has 1 aromatic rings. The smallest absolute Gasteiger partial charge is 0.141 e. The molecule has 1 aliphatic rings. The second kappa shape index (κ2) is 6.54. The van der Waals surface area contributed by atoms with Gasteiger partial charge in [-0.25, -0.2) is 0 Å². The van der Waals surface area contributed by atoms with Gasteiger partial charge in [-0.15, -0.1) is 0 Å². The number of rotatable bonds is 4. The number of nitrogens with zero attached hydrogens (tertiary/aromatic N) is 3. The van der Waals surface area contributed by atoms with Crippen molar-refractivity contribution in [2.24, 2.45) is 10.9 Å². The van der Waals surface area contributed by atoms with Gasteiger partial charge in [0, 0.05) is 38.6 Å². The Morgan fingerprint density at radius 3 is 2.47 bits per heavy atom. The van der Waals surface area contributed by atoms with E-state index in [4.69, 9.17) is 10.9 Å². The minimum atomic E-state index is 0.186. The molecule has 1 heterocycles. The second-order valence-electron chi connectivity index (χ2n) is 5.06. The molecule has 0 saturated carbocycles. The van der Waals surface area contributed by atoms with Gasteiger partial charge < -0.3 is 15.8 Å². The number of nitrogens with two attached hydrogens (primary N) is 1. The molecule has 1 atom stereocenters. The predicted molar refractivity (Wildman–Crippen MR) is 76.3 cm³/mol. The molecule has 1 fully saturated rings. The molecule has 3 N–H and O–H groups in total. The number of likely N-dealkylation sites (N-methyl/N-ethyl adjacent to an activating group) is 1. The van der Waals surface area contributed by atoms with Crippen molar-refractivity contribution in [3.8, 4) is 0 Å². The summed E-state index contributed by atoms with van der Waals surface area (Å²) < 4.78 is 0. The van der Waals surface area contributed by atoms with Crippen molar-refractivity contribution in [1.82, 2.24) is 9.80 Å². The lowest BCUT2D eigenvalue weighted by Gasteiger charge is -2.38. The van der Waals surface area contributed by atoms with E-state index in [0.717, 1.165) is 26.2 Å². The normalized spacial score (nSPS) is 20.4. The van der Waals surface area contributed by atoms with E-state index in [1.165, 1.54) is 5.56 Å². The van der Waals surface area contributed by atoms with E-state index in [1.807, 2.05) is 18.2 Å². The summed E-state index contributed by atoms with van der Waals surface area (Å²) in [7, 11) is 2.14. The van der Waals surface area contributed by atoms with Gasteiger partial charge in [0.25, 0.3) is 0 Å². The highest BCUT2D eigenvalue weighted by molar-refractivity contribution is 5.80. The largest absolute Gasteiger partial charge is 0.409 e. The molecule has 104 valence electrons. The third kappa shape index (κ3) is 3.68. The third-order valence-electron chi connectivity index (χ3n) is 3.69. The molecule has 1 saturated heterocycles. The molecule has 0 radical (unpaired) electrons. The van der Waals surface area contributed by atoms with Crippen molar-refractivity contribution in [2.75, 3.05) is 33.2 Å². The van der Waals surface area contributed by atoms with Gasteiger partial charge in [-0.3, -0.25) is 4.90 Å². The van der Waals surface area contributed by atoms with Crippen LogP contribution in [0.15, 0.2) is 35.5 Å². The molecule has 1 aliphatic heterocycles. The van der Waals surface area contributed by atoms with Crippen LogP contribution in [0.25, 0.3) is 0 Å². The summed E-state index contributed by atoms with van der Waals surface area (Å²) in [6, 6.07) is 10.5. The fourth-order valence-corrected chi connectivity index (χ4v) is 2.51. The van der Waals surface area contributed by atoms with E-state index in [0.29, 0.717) is 6.42 Å². The number of benzene rings is 1. The SMILES string of the molecule is CN1CCN(C(CC(N)=NO)c2ccccc2)CC1. The maximum Gasteiger partial charge on any atom is 0.141 e. The van der Waals surface area contributed by atoms with Crippen LogP contribution < -0.4 is 5.73 Å². The average molecular weight is 262 g/mol. The van der Waals surface area contributed by atoms with Crippen LogP contribution in [-0.2, 0) is 0 Å². The Kier molecular flexibility index (Phi) is 4.76. The van der Waals surface area contributed by atoms with E-state index in [-0.39, 0.29) is 11.9 Å². The van der Waals surface area contributed by atoms with Crippen molar-refractivity contribution in [3.63, 3.8) is 0 Å². The van der Waals surface area contributed by atoms with Gasteiger partial charge in [0.2, 0.25) is 0 Å². The van der Waals surface area contributed by atoms with Gasteiger partial charge >= 0.3 is 0 Å². The lowest BCUT2D eigenvalue weighted by Crippen LogP contribution is -2.46. The Bertz CT molecular complexity index is 413. The Hall–Kier alpha value is -1.59. The Labute approximate surface area is 114 Å². The highest BCUT2D eigenvalue weighted by Gasteiger charge is 2.24. The van der Waals surface area contributed by atoms with Gasteiger partial charge in [0.15, 0.2) is 0 Å². The molecule has 0 aliphatic carbocycles. The summed E-state index contributed by atoms with van der Waals surface area (Å²) in [4.78, 5) is 4.73. The van der Waals surface area contributed by atoms with Gasteiger partial charge in [-0.2, -0.15) is 0 Å². The van der Waals surface area contributed by atoms with Gasteiger partial charge in [-0.1, -0.05) is 35.5 Å². The van der Waals surface area contributed by atoms with Crippen LogP contribution in [0.4, 0.5) is 0 Å². The number of amidine groups is 1. The molecule has 5 heteroatoms. The first kappa shape index (κ1) is 13.8. The number of hydrogen-bond acceptors (Lipinski definition) is 4. The third-order valence-corrected chi connectivity index (χ3v) is 3.69. The topological polar surface area (TPSA) is 65.1 Å². The van der Waals surface area contributed by atoms with Crippen LogP contribution >= 0.6 is 0 Å². The molecule has 0 spiro atoms. The Balaban J connectivity index is 2.15. The van der Waals surface area contributed by atoms with Crippen LogP contribution in [0.5, 0.6) is 0 Å². The zero-order valence-electron chi connectivity index (χ0n) is 11.4. The van der Waals surface area contributed by atoms with E-state index in [1.54, 1.807) is 0 Å². The van der Waals surface area contributed by atoms with Crippen molar-refractivity contribution >= 4 is 5.84 Å². The molecule has 0 bridgehead atoms. The van der Waals surface area contributed by atoms with Crippen LogP contribution in [-0.4, -0.2) is 54.1 Å². The summed E-state index contributed by atoms with van der Waals surface area (Å²) in [5.41, 5.74) is 6.93. The van der Waals surface area contributed by atoms with Gasteiger partial charge in [0.05, 0.1) is 0 Å². The van der Waals surface area contributed by atoms with Crippen LogP contribution in [0, 0.1) is 0 Å². The fraction of sp³-hybridized carbons (Fsp3) is 0.500. The minimum absolute atomic E-state index is 0.186. The molecule has 5 nitrogen and oxygen atoms in total. The Morgan fingerprint density at radius 2 is 1.89 bits per heavy atom. The molecule has 1 aromatic carbocycles. The fourth-order valence-electron chi connectivity index (χ4n) is 2.51. The summed E-state index contributed by atoms with van der Waals surface area (Å²) in [6.45, 7) is 4.13. The maximum absolute atomic E-state index is 8.81. The zero-order valence-corrected chi connectivity index (χ0v) is 11.4. The van der Waals surface area contributed by atoms with Gasteiger partial charge in [0.1, 0.15) is 5.84 Å². The van der Waals surface area contributed by atoms with E-state index in [9.17, 15) is 0 Å². The number of piperazine rings is 1. The average Bonchev–Trinajstić information content (AvgIpc) is 2.46. The first-order valence-electron chi connectivity index (χ1n) is 6.64. The molecule has 2 rings (SSSR count). The molecular weight excluding hydrogens is 240 g/mol. The molecular formula is C14H22N4O. The quantitative estimate of drug-likeness (QED) is 0.369. The second-order valence-corrected chi connectivity index (χ2v) is 5.06. The number of hydrogen-bond donors (Lipinski definition) is 2. The summed E-state index contributed by atoms with van der Waals surface area (Å²) in [5.74, 6) is 0.285. The highest BCUT2D eigenvalue weighted by Crippen LogP contribution is 2.25. The maximum atomic E-state index is 8.81. The van der Waals surface area contributed by atoms with Crippen LogP contribution in [0.1, 0.15) is 18.0 Å². The summed E-state index contributed by atoms with van der Waals surface area (Å²) in [6.07, 6.45) is 0.560. The molecule has 19 heavy (non-hydrogen) atoms. The van der Waals surface area contributed by atoms with Gasteiger partial charge in [-0.05, 0) is 12.6 Å². The van der Waals surface area contributed by atoms with Crippen LogP contribution in [0.3, 0.4) is 0 Å². The lowest BCUT2D eigenvalue weighted by molar-refractivity contribution is 0.113. The highest BCUT2D eigenvalue weighted by atomic mass is 16.4. The van der Waals surface area contributed by atoms with E-state index >= 15 is 0 Å². The van der Waals surface area contributed by atoms with Crippen molar-refractivity contribution in [1.29, 1.82) is 0 Å². The standard InChI is InChI=1S/C14H22N4O/c1-17-7-9-18(10-8-17)13(11-14(15)16-19)12-5-3-2-4-6-12/h2-6,13,19H,7-11H2,1H3,(H2,15,16). The summed E-state index contributed by atoms with van der Waals surface area (Å²) >= 11 is 0. The van der Waals surface area contributed by atoms with Crippen molar-refractivity contribution in [2.45, 2.75) is 12.5 Å². The van der Waals surface area contributed by atoms with Crippen molar-refractivity contribution < 1.29 is 5.21 Å². The Morgan fingerprint density at radius 1 is 1.26 bits per heavy atom. The zero-order chi connectivity index (χ0) is 13.7. The van der Waals surface area contributed by atoms with Crippen LogP contribution in [0.2, 0.25) is 0 Å². The van der Waals surface area contributed by atoms with Crippen molar-refractivity contribution in [3.05, 3.63) is 35.9 Å². The number of oxime groups is 1. The molecule has 1 unspecified atom stereocenters. The molecule has 0 amide bonds. The lowest BCUT2D eigenvalue weighted by atomic mass is 10.0. The minimum Gasteiger partial charge on any atom is -0.409 e. The van der Waals surface area contributed by atoms with E-state index in [2.05, 4.69) is 34.1 Å².